The van der Waals surface area contributed by atoms with Crippen LogP contribution < -0.4 is 5.73 Å². The molecular weight excluding hydrogens is 254 g/mol. The molecule has 17 heavy (non-hydrogen) atoms. The predicted octanol–water partition coefficient (Wildman–Crippen LogP) is 2.17. The first-order valence-corrected chi connectivity index (χ1v) is 5.18. The first-order chi connectivity index (χ1) is 8.00. The van der Waals surface area contributed by atoms with Crippen molar-refractivity contribution in [3.8, 4) is 0 Å². The Hall–Kier alpha value is -1.27. The molecule has 4 nitrogen and oxygen atoms in total. The largest absolute Gasteiger partial charge is 0.383 e. The number of carbonyl (C=O) groups is 1. The number of Topliss-reactive ketones (excluding diaryl/α,β-unsaturated/α-hetero) is 1. The SMILES string of the molecule is Nc1ncc(Cl)cc1C(=O)CCOCC(F)F. The highest BCUT2D eigenvalue weighted by atomic mass is 35.5. The van der Waals surface area contributed by atoms with Crippen molar-refractivity contribution < 1.29 is 18.3 Å². The van der Waals surface area contributed by atoms with Crippen molar-refractivity contribution >= 4 is 23.2 Å². The summed E-state index contributed by atoms with van der Waals surface area (Å²) in [4.78, 5) is 15.3. The van der Waals surface area contributed by atoms with Crippen LogP contribution in [0.2, 0.25) is 5.02 Å². The fourth-order valence-corrected chi connectivity index (χ4v) is 1.30. The van der Waals surface area contributed by atoms with E-state index >= 15 is 0 Å². The Morgan fingerprint density at radius 2 is 2.29 bits per heavy atom. The van der Waals surface area contributed by atoms with Crippen LogP contribution in [0.1, 0.15) is 16.8 Å². The summed E-state index contributed by atoms with van der Waals surface area (Å²) in [6.45, 7) is -0.772. The molecule has 0 amide bonds. The zero-order chi connectivity index (χ0) is 12.8. The second-order valence-corrected chi connectivity index (χ2v) is 3.66. The molecule has 7 heteroatoms. The molecule has 1 heterocycles. The molecule has 2 N–H and O–H groups in total. The number of nitrogens with two attached hydrogens (primary N) is 1. The minimum Gasteiger partial charge on any atom is -0.383 e. The third kappa shape index (κ3) is 4.62. The van der Waals surface area contributed by atoms with E-state index in [1.165, 1.54) is 12.3 Å². The lowest BCUT2D eigenvalue weighted by atomic mass is 10.1. The summed E-state index contributed by atoms with van der Waals surface area (Å²) < 4.78 is 28.1. The Balaban J connectivity index is 2.49. The number of carbonyl (C=O) groups excluding carboxylic acids is 1. The third-order valence-corrected chi connectivity index (χ3v) is 2.11. The highest BCUT2D eigenvalue weighted by molar-refractivity contribution is 6.31. The van der Waals surface area contributed by atoms with E-state index in [0.29, 0.717) is 0 Å². The number of rotatable bonds is 6. The number of nitrogens with zero attached hydrogens (tertiary/aromatic N) is 1. The van der Waals surface area contributed by atoms with Crippen LogP contribution >= 0.6 is 11.6 Å². The van der Waals surface area contributed by atoms with Crippen LogP contribution in [-0.2, 0) is 4.74 Å². The third-order valence-electron chi connectivity index (χ3n) is 1.90. The van der Waals surface area contributed by atoms with E-state index in [2.05, 4.69) is 9.72 Å². The molecule has 0 spiro atoms. The van der Waals surface area contributed by atoms with E-state index in [0.717, 1.165) is 0 Å². The average molecular weight is 265 g/mol. The maximum Gasteiger partial charge on any atom is 0.261 e. The van der Waals surface area contributed by atoms with Crippen molar-refractivity contribution in [1.82, 2.24) is 4.98 Å². The Morgan fingerprint density at radius 1 is 1.59 bits per heavy atom. The van der Waals surface area contributed by atoms with E-state index < -0.39 is 13.0 Å². The quantitative estimate of drug-likeness (QED) is 0.632. The lowest BCUT2D eigenvalue weighted by Crippen LogP contribution is -2.11. The normalized spacial score (nSPS) is 10.8. The molecule has 0 radical (unpaired) electrons. The number of hydrogen-bond acceptors (Lipinski definition) is 4. The van der Waals surface area contributed by atoms with E-state index in [1.807, 2.05) is 0 Å². The fourth-order valence-electron chi connectivity index (χ4n) is 1.15. The minimum atomic E-state index is -2.54. The topological polar surface area (TPSA) is 65.2 Å². The van der Waals surface area contributed by atoms with Gasteiger partial charge in [0, 0.05) is 12.6 Å². The van der Waals surface area contributed by atoms with Crippen molar-refractivity contribution in [2.75, 3.05) is 18.9 Å². The summed E-state index contributed by atoms with van der Waals surface area (Å²) in [6.07, 6.45) is -1.26. The van der Waals surface area contributed by atoms with Crippen molar-refractivity contribution in [3.05, 3.63) is 22.8 Å². The zero-order valence-corrected chi connectivity index (χ0v) is 9.58. The monoisotopic (exact) mass is 264 g/mol. The van der Waals surface area contributed by atoms with Crippen molar-refractivity contribution in [1.29, 1.82) is 0 Å². The molecule has 0 fully saturated rings. The summed E-state index contributed by atoms with van der Waals surface area (Å²) in [6, 6.07) is 1.39. The number of hydrogen-bond donors (Lipinski definition) is 1. The van der Waals surface area contributed by atoms with E-state index in [-0.39, 0.29) is 35.2 Å². The van der Waals surface area contributed by atoms with Crippen molar-refractivity contribution in [2.45, 2.75) is 12.8 Å². The van der Waals surface area contributed by atoms with Gasteiger partial charge in [0.15, 0.2) is 5.78 Å². The molecule has 1 aromatic heterocycles. The van der Waals surface area contributed by atoms with Gasteiger partial charge in [0.1, 0.15) is 12.4 Å². The molecule has 0 aliphatic rings. The summed E-state index contributed by atoms with van der Waals surface area (Å²) in [5.74, 6) is -0.278. The number of ketones is 1. The summed E-state index contributed by atoms with van der Waals surface area (Å²) in [7, 11) is 0. The van der Waals surface area contributed by atoms with E-state index in [1.54, 1.807) is 0 Å². The van der Waals surface area contributed by atoms with Gasteiger partial charge in [-0.05, 0) is 6.07 Å². The molecule has 0 saturated heterocycles. The number of ether oxygens (including phenoxy) is 1. The Labute approximate surface area is 102 Å². The second-order valence-electron chi connectivity index (χ2n) is 3.23. The van der Waals surface area contributed by atoms with Crippen LogP contribution in [-0.4, -0.2) is 30.4 Å². The first-order valence-electron chi connectivity index (χ1n) is 4.81. The van der Waals surface area contributed by atoms with Crippen LogP contribution in [0.3, 0.4) is 0 Å². The van der Waals surface area contributed by atoms with Gasteiger partial charge in [-0.25, -0.2) is 13.8 Å². The lowest BCUT2D eigenvalue weighted by molar-refractivity contribution is 0.0170. The summed E-state index contributed by atoms with van der Waals surface area (Å²) in [5, 5.41) is 0.288. The van der Waals surface area contributed by atoms with Gasteiger partial charge >= 0.3 is 0 Å². The van der Waals surface area contributed by atoms with Crippen LogP contribution in [0.25, 0.3) is 0 Å². The highest BCUT2D eigenvalue weighted by Crippen LogP contribution is 2.16. The van der Waals surface area contributed by atoms with Crippen LogP contribution in [0.4, 0.5) is 14.6 Å². The second kappa shape index (κ2) is 6.46. The predicted molar refractivity (Wildman–Crippen MR) is 59.4 cm³/mol. The number of pyridine rings is 1. The lowest BCUT2D eigenvalue weighted by Gasteiger charge is -2.05. The van der Waals surface area contributed by atoms with Gasteiger partial charge < -0.3 is 10.5 Å². The summed E-state index contributed by atoms with van der Waals surface area (Å²) >= 11 is 5.66. The zero-order valence-electron chi connectivity index (χ0n) is 8.83. The Kier molecular flexibility index (Phi) is 5.24. The number of aromatic nitrogens is 1. The molecule has 0 aliphatic carbocycles. The van der Waals surface area contributed by atoms with Crippen LogP contribution in [0.15, 0.2) is 12.3 Å². The van der Waals surface area contributed by atoms with Crippen LogP contribution in [0, 0.1) is 0 Å². The van der Waals surface area contributed by atoms with Gasteiger partial charge in [-0.2, -0.15) is 0 Å². The molecule has 0 unspecified atom stereocenters. The maximum absolute atomic E-state index is 11.7. The molecular formula is C10H11ClF2N2O2. The number of anilines is 1. The van der Waals surface area contributed by atoms with Crippen LogP contribution in [0.5, 0.6) is 0 Å². The molecule has 0 aliphatic heterocycles. The van der Waals surface area contributed by atoms with Gasteiger partial charge in [-0.15, -0.1) is 0 Å². The Bertz CT molecular complexity index is 402. The number of alkyl halides is 2. The van der Waals surface area contributed by atoms with Gasteiger partial charge in [0.05, 0.1) is 17.2 Å². The van der Waals surface area contributed by atoms with E-state index in [4.69, 9.17) is 17.3 Å². The molecule has 94 valence electrons. The first kappa shape index (κ1) is 13.8. The highest BCUT2D eigenvalue weighted by Gasteiger charge is 2.12. The molecule has 0 saturated carbocycles. The van der Waals surface area contributed by atoms with Gasteiger partial charge in [0.25, 0.3) is 6.43 Å². The molecule has 0 atom stereocenters. The summed E-state index contributed by atoms with van der Waals surface area (Å²) in [5.41, 5.74) is 5.67. The number of halogens is 3. The van der Waals surface area contributed by atoms with Gasteiger partial charge in [0.2, 0.25) is 0 Å². The minimum absolute atomic E-state index is 0.0427. The molecule has 0 bridgehead atoms. The fraction of sp³-hybridized carbons (Fsp3) is 0.400. The average Bonchev–Trinajstić information content (AvgIpc) is 2.27. The standard InChI is InChI=1S/C10H11ClF2N2O2/c11-6-3-7(10(14)15-4-6)8(16)1-2-17-5-9(12)13/h3-4,9H,1-2,5H2,(H2,14,15). The van der Waals surface area contributed by atoms with Gasteiger partial charge in [-0.1, -0.05) is 11.6 Å². The molecule has 1 aromatic rings. The number of nitrogen functional groups attached to an aromatic ring is 1. The smallest absolute Gasteiger partial charge is 0.261 e. The Morgan fingerprint density at radius 3 is 2.94 bits per heavy atom. The van der Waals surface area contributed by atoms with Gasteiger partial charge in [-0.3, -0.25) is 4.79 Å². The molecule has 1 rings (SSSR count). The van der Waals surface area contributed by atoms with E-state index in [9.17, 15) is 13.6 Å². The molecule has 0 aromatic carbocycles. The van der Waals surface area contributed by atoms with Crippen molar-refractivity contribution in [3.63, 3.8) is 0 Å². The maximum atomic E-state index is 11.7. The van der Waals surface area contributed by atoms with Crippen molar-refractivity contribution in [2.24, 2.45) is 0 Å².